The van der Waals surface area contributed by atoms with Gasteiger partial charge in [0.15, 0.2) is 0 Å². The minimum absolute atomic E-state index is 0.0213. The SMILES string of the molecule is COc1ccc(-c2cncc(C=NNC(=O)c3ccc(O)c(C#N)c3)c2)cc1. The summed E-state index contributed by atoms with van der Waals surface area (Å²) in [7, 11) is 1.61. The molecule has 2 N–H and O–H groups in total. The maximum atomic E-state index is 12.1. The second-order valence-corrected chi connectivity index (χ2v) is 5.78. The number of carbonyl (C=O) groups excluding carboxylic acids is 1. The molecule has 0 atom stereocenters. The van der Waals surface area contributed by atoms with Gasteiger partial charge in [-0.2, -0.15) is 10.4 Å². The molecule has 138 valence electrons. The van der Waals surface area contributed by atoms with E-state index in [1.165, 1.54) is 24.4 Å². The van der Waals surface area contributed by atoms with E-state index in [1.807, 2.05) is 36.4 Å². The van der Waals surface area contributed by atoms with E-state index in [1.54, 1.807) is 19.5 Å². The molecule has 0 aliphatic heterocycles. The fourth-order valence-corrected chi connectivity index (χ4v) is 2.47. The van der Waals surface area contributed by atoms with Crippen molar-refractivity contribution in [3.05, 3.63) is 77.6 Å². The fourth-order valence-electron chi connectivity index (χ4n) is 2.47. The van der Waals surface area contributed by atoms with Gasteiger partial charge in [-0.15, -0.1) is 0 Å². The number of aromatic nitrogens is 1. The Balaban J connectivity index is 1.70. The van der Waals surface area contributed by atoms with Crippen LogP contribution in [0.5, 0.6) is 11.5 Å². The van der Waals surface area contributed by atoms with Crippen LogP contribution >= 0.6 is 0 Å². The number of methoxy groups -OCH3 is 1. The van der Waals surface area contributed by atoms with Gasteiger partial charge in [-0.25, -0.2) is 5.43 Å². The predicted molar refractivity (Wildman–Crippen MR) is 104 cm³/mol. The number of hydrogen-bond donors (Lipinski definition) is 2. The Morgan fingerprint density at radius 2 is 1.96 bits per heavy atom. The van der Waals surface area contributed by atoms with Crippen molar-refractivity contribution in [3.8, 4) is 28.7 Å². The van der Waals surface area contributed by atoms with Gasteiger partial charge in [0.25, 0.3) is 5.91 Å². The van der Waals surface area contributed by atoms with E-state index < -0.39 is 5.91 Å². The van der Waals surface area contributed by atoms with Crippen LogP contribution < -0.4 is 10.2 Å². The van der Waals surface area contributed by atoms with Crippen LogP contribution in [-0.4, -0.2) is 29.3 Å². The summed E-state index contributed by atoms with van der Waals surface area (Å²) in [6, 6.07) is 15.3. The molecule has 1 aromatic heterocycles. The number of hydrogen-bond acceptors (Lipinski definition) is 6. The summed E-state index contributed by atoms with van der Waals surface area (Å²) in [6.45, 7) is 0. The summed E-state index contributed by atoms with van der Waals surface area (Å²) < 4.78 is 5.15. The van der Waals surface area contributed by atoms with Gasteiger partial charge in [0.1, 0.15) is 17.6 Å². The number of aromatic hydroxyl groups is 1. The van der Waals surface area contributed by atoms with E-state index >= 15 is 0 Å². The first-order valence-corrected chi connectivity index (χ1v) is 8.26. The summed E-state index contributed by atoms with van der Waals surface area (Å²) >= 11 is 0. The molecular weight excluding hydrogens is 356 g/mol. The van der Waals surface area contributed by atoms with Crippen molar-refractivity contribution in [1.82, 2.24) is 10.4 Å². The Morgan fingerprint density at radius 1 is 1.18 bits per heavy atom. The molecule has 0 saturated carbocycles. The van der Waals surface area contributed by atoms with Gasteiger partial charge in [0.05, 0.1) is 18.9 Å². The molecule has 0 aliphatic rings. The Kier molecular flexibility index (Phi) is 5.63. The highest BCUT2D eigenvalue weighted by molar-refractivity contribution is 5.95. The molecule has 28 heavy (non-hydrogen) atoms. The molecule has 0 spiro atoms. The highest BCUT2D eigenvalue weighted by Gasteiger charge is 2.08. The van der Waals surface area contributed by atoms with Crippen LogP contribution in [0.1, 0.15) is 21.5 Å². The molecule has 0 unspecified atom stereocenters. The minimum Gasteiger partial charge on any atom is -0.507 e. The lowest BCUT2D eigenvalue weighted by molar-refractivity contribution is 0.0955. The molecule has 1 amide bonds. The standard InChI is InChI=1S/C21H16N4O3/c1-28-19-5-2-15(3-6-19)18-8-14(11-23-13-18)12-24-25-21(27)16-4-7-20(26)17(9-16)10-22/h2-9,11-13,26H,1H3,(H,25,27). The summed E-state index contributed by atoms with van der Waals surface area (Å²) in [5.41, 5.74) is 5.20. The maximum absolute atomic E-state index is 12.1. The van der Waals surface area contributed by atoms with Gasteiger partial charge >= 0.3 is 0 Å². The third-order valence-corrected chi connectivity index (χ3v) is 3.94. The van der Waals surface area contributed by atoms with Crippen molar-refractivity contribution >= 4 is 12.1 Å². The number of nitrogens with zero attached hydrogens (tertiary/aromatic N) is 3. The number of hydrazone groups is 1. The molecule has 0 radical (unpaired) electrons. The number of nitriles is 1. The lowest BCUT2D eigenvalue weighted by atomic mass is 10.1. The van der Waals surface area contributed by atoms with Crippen molar-refractivity contribution in [2.75, 3.05) is 7.11 Å². The second kappa shape index (κ2) is 8.47. The molecule has 0 saturated heterocycles. The van der Waals surface area contributed by atoms with E-state index in [4.69, 9.17) is 10.00 Å². The average Bonchev–Trinajstić information content (AvgIpc) is 2.74. The third-order valence-electron chi connectivity index (χ3n) is 3.94. The second-order valence-electron chi connectivity index (χ2n) is 5.78. The van der Waals surface area contributed by atoms with Gasteiger partial charge < -0.3 is 9.84 Å². The Hall–Kier alpha value is -4.18. The lowest BCUT2D eigenvalue weighted by Crippen LogP contribution is -2.17. The van der Waals surface area contributed by atoms with E-state index in [-0.39, 0.29) is 16.9 Å². The molecule has 0 fully saturated rings. The molecule has 1 heterocycles. The largest absolute Gasteiger partial charge is 0.507 e. The number of pyridine rings is 1. The molecule has 3 aromatic rings. The molecule has 7 nitrogen and oxygen atoms in total. The Labute approximate surface area is 161 Å². The molecule has 0 bridgehead atoms. The van der Waals surface area contributed by atoms with Crippen LogP contribution in [0.3, 0.4) is 0 Å². The predicted octanol–water partition coefficient (Wildman–Crippen LogP) is 3.10. The number of ether oxygens (including phenoxy) is 1. The smallest absolute Gasteiger partial charge is 0.271 e. The van der Waals surface area contributed by atoms with Crippen molar-refractivity contribution in [3.63, 3.8) is 0 Å². The number of benzene rings is 2. The van der Waals surface area contributed by atoms with E-state index in [9.17, 15) is 9.90 Å². The van der Waals surface area contributed by atoms with Gasteiger partial charge in [0.2, 0.25) is 0 Å². The first kappa shape index (κ1) is 18.6. The van der Waals surface area contributed by atoms with Gasteiger partial charge in [0, 0.05) is 29.1 Å². The molecule has 7 heteroatoms. The van der Waals surface area contributed by atoms with Crippen LogP contribution in [-0.2, 0) is 0 Å². The Morgan fingerprint density at radius 3 is 2.68 bits per heavy atom. The zero-order valence-electron chi connectivity index (χ0n) is 15.0. The average molecular weight is 372 g/mol. The highest BCUT2D eigenvalue weighted by Crippen LogP contribution is 2.22. The number of amides is 1. The van der Waals surface area contributed by atoms with E-state index in [0.717, 1.165) is 16.9 Å². The van der Waals surface area contributed by atoms with Crippen LogP contribution in [0.25, 0.3) is 11.1 Å². The van der Waals surface area contributed by atoms with Crippen molar-refractivity contribution in [2.24, 2.45) is 5.10 Å². The quantitative estimate of drug-likeness (QED) is 0.528. The highest BCUT2D eigenvalue weighted by atomic mass is 16.5. The summed E-state index contributed by atoms with van der Waals surface area (Å²) in [6.07, 6.45) is 4.83. The minimum atomic E-state index is -0.494. The first-order valence-electron chi connectivity index (χ1n) is 8.26. The molecular formula is C21H16N4O3. The lowest BCUT2D eigenvalue weighted by Gasteiger charge is -2.04. The zero-order chi connectivity index (χ0) is 19.9. The van der Waals surface area contributed by atoms with Crippen molar-refractivity contribution < 1.29 is 14.6 Å². The topological polar surface area (TPSA) is 108 Å². The van der Waals surface area contributed by atoms with Gasteiger partial charge in [-0.1, -0.05) is 12.1 Å². The van der Waals surface area contributed by atoms with Crippen LogP contribution in [0, 0.1) is 11.3 Å². The summed E-state index contributed by atoms with van der Waals surface area (Å²) in [5.74, 6) is 0.0990. The fraction of sp³-hybridized carbons (Fsp3) is 0.0476. The summed E-state index contributed by atoms with van der Waals surface area (Å²) in [5, 5.41) is 22.3. The van der Waals surface area contributed by atoms with Crippen LogP contribution in [0.2, 0.25) is 0 Å². The normalized spacial score (nSPS) is 10.4. The number of phenols is 1. The third kappa shape index (κ3) is 4.31. The number of nitrogens with one attached hydrogen (secondary N) is 1. The van der Waals surface area contributed by atoms with Crippen LogP contribution in [0.15, 0.2) is 66.0 Å². The summed E-state index contributed by atoms with van der Waals surface area (Å²) in [4.78, 5) is 16.3. The first-order chi connectivity index (χ1) is 13.6. The molecule has 0 aliphatic carbocycles. The van der Waals surface area contributed by atoms with Crippen molar-refractivity contribution in [2.45, 2.75) is 0 Å². The Bertz CT molecular complexity index is 1070. The zero-order valence-corrected chi connectivity index (χ0v) is 15.0. The number of carbonyl (C=O) groups is 1. The maximum Gasteiger partial charge on any atom is 0.271 e. The van der Waals surface area contributed by atoms with E-state index in [0.29, 0.717) is 5.56 Å². The monoisotopic (exact) mass is 372 g/mol. The molecule has 2 aromatic carbocycles. The van der Waals surface area contributed by atoms with Crippen molar-refractivity contribution in [1.29, 1.82) is 5.26 Å². The molecule has 3 rings (SSSR count). The van der Waals surface area contributed by atoms with E-state index in [2.05, 4.69) is 15.5 Å². The van der Waals surface area contributed by atoms with Crippen LogP contribution in [0.4, 0.5) is 0 Å². The number of phenolic OH excluding ortho intramolecular Hbond substituents is 1. The number of rotatable bonds is 5. The van der Waals surface area contributed by atoms with Gasteiger partial charge in [-0.05, 0) is 42.0 Å². The van der Waals surface area contributed by atoms with Gasteiger partial charge in [-0.3, -0.25) is 9.78 Å².